The summed E-state index contributed by atoms with van der Waals surface area (Å²) in [6, 6.07) is 4.93. The standard InChI is InChI=1S/C10H12BrNO2.ClH/c1-6-3-4-7(11)5-8(6)9(12)10(13)14-2;/h3-5,9H,12H2,1-2H3;1H/t9-;/m1./s1. The van der Waals surface area contributed by atoms with E-state index >= 15 is 0 Å². The van der Waals surface area contributed by atoms with Gasteiger partial charge in [-0.1, -0.05) is 22.0 Å². The van der Waals surface area contributed by atoms with Gasteiger partial charge in [0.25, 0.3) is 0 Å². The van der Waals surface area contributed by atoms with Crippen molar-refractivity contribution in [2.75, 3.05) is 7.11 Å². The second-order valence-corrected chi connectivity index (χ2v) is 3.92. The number of benzene rings is 1. The number of nitrogens with two attached hydrogens (primary N) is 1. The van der Waals surface area contributed by atoms with E-state index in [-0.39, 0.29) is 12.4 Å². The lowest BCUT2D eigenvalue weighted by Crippen LogP contribution is -2.23. The Morgan fingerprint density at radius 1 is 1.53 bits per heavy atom. The van der Waals surface area contributed by atoms with Crippen molar-refractivity contribution < 1.29 is 9.53 Å². The van der Waals surface area contributed by atoms with Crippen LogP contribution >= 0.6 is 28.3 Å². The third-order valence-electron chi connectivity index (χ3n) is 2.03. The Morgan fingerprint density at radius 2 is 2.13 bits per heavy atom. The van der Waals surface area contributed by atoms with Gasteiger partial charge in [-0.15, -0.1) is 12.4 Å². The largest absolute Gasteiger partial charge is 0.468 e. The average Bonchev–Trinajstić information content (AvgIpc) is 2.19. The zero-order chi connectivity index (χ0) is 10.7. The fraction of sp³-hybridized carbons (Fsp3) is 0.300. The van der Waals surface area contributed by atoms with E-state index in [0.717, 1.165) is 15.6 Å². The van der Waals surface area contributed by atoms with Crippen molar-refractivity contribution in [3.63, 3.8) is 0 Å². The Labute approximate surface area is 104 Å². The molecule has 0 saturated carbocycles. The summed E-state index contributed by atoms with van der Waals surface area (Å²) in [5.41, 5.74) is 7.48. The van der Waals surface area contributed by atoms with Crippen LogP contribution in [-0.4, -0.2) is 13.1 Å². The third-order valence-corrected chi connectivity index (χ3v) is 2.52. The second kappa shape index (κ2) is 6.10. The number of carbonyl (C=O) groups excluding carboxylic acids is 1. The zero-order valence-corrected chi connectivity index (χ0v) is 10.9. The number of ether oxygens (including phenoxy) is 1. The van der Waals surface area contributed by atoms with Crippen LogP contribution in [0.4, 0.5) is 0 Å². The van der Waals surface area contributed by atoms with E-state index in [1.54, 1.807) is 0 Å². The number of esters is 1. The van der Waals surface area contributed by atoms with Gasteiger partial charge in [-0.3, -0.25) is 4.79 Å². The molecule has 1 atom stereocenters. The van der Waals surface area contributed by atoms with E-state index in [1.165, 1.54) is 7.11 Å². The van der Waals surface area contributed by atoms with E-state index in [1.807, 2.05) is 25.1 Å². The van der Waals surface area contributed by atoms with Crippen LogP contribution in [0.1, 0.15) is 17.2 Å². The van der Waals surface area contributed by atoms with Gasteiger partial charge >= 0.3 is 5.97 Å². The molecule has 0 heterocycles. The maximum Gasteiger partial charge on any atom is 0.327 e. The summed E-state index contributed by atoms with van der Waals surface area (Å²) in [7, 11) is 1.33. The highest BCUT2D eigenvalue weighted by Gasteiger charge is 2.18. The summed E-state index contributed by atoms with van der Waals surface area (Å²) in [4.78, 5) is 11.2. The molecule has 1 aromatic carbocycles. The van der Waals surface area contributed by atoms with Crippen LogP contribution < -0.4 is 5.73 Å². The van der Waals surface area contributed by atoms with Crippen LogP contribution in [0.25, 0.3) is 0 Å². The van der Waals surface area contributed by atoms with E-state index in [9.17, 15) is 4.79 Å². The quantitative estimate of drug-likeness (QED) is 0.852. The summed E-state index contributed by atoms with van der Waals surface area (Å²) in [6.07, 6.45) is 0. The van der Waals surface area contributed by atoms with Gasteiger partial charge in [0.1, 0.15) is 6.04 Å². The average molecular weight is 295 g/mol. The first kappa shape index (κ1) is 14.4. The molecule has 0 aliphatic heterocycles. The zero-order valence-electron chi connectivity index (χ0n) is 8.49. The highest BCUT2D eigenvalue weighted by atomic mass is 79.9. The lowest BCUT2D eigenvalue weighted by atomic mass is 10.0. The SMILES string of the molecule is COC(=O)[C@H](N)c1cc(Br)ccc1C.Cl. The maximum atomic E-state index is 11.2. The third kappa shape index (κ3) is 3.48. The molecule has 84 valence electrons. The first-order valence-corrected chi connectivity index (χ1v) is 4.95. The first-order chi connectivity index (χ1) is 6.56. The summed E-state index contributed by atoms with van der Waals surface area (Å²) < 4.78 is 5.48. The summed E-state index contributed by atoms with van der Waals surface area (Å²) in [5, 5.41) is 0. The minimum absolute atomic E-state index is 0. The number of hydrogen-bond acceptors (Lipinski definition) is 3. The minimum Gasteiger partial charge on any atom is -0.468 e. The fourth-order valence-corrected chi connectivity index (χ4v) is 1.58. The van der Waals surface area contributed by atoms with Crippen LogP contribution in [0.3, 0.4) is 0 Å². The van der Waals surface area contributed by atoms with Crippen molar-refractivity contribution in [2.24, 2.45) is 5.73 Å². The number of hydrogen-bond donors (Lipinski definition) is 1. The van der Waals surface area contributed by atoms with Crippen molar-refractivity contribution in [3.05, 3.63) is 33.8 Å². The molecule has 0 amide bonds. The van der Waals surface area contributed by atoms with Gasteiger partial charge in [-0.2, -0.15) is 0 Å². The Bertz CT molecular complexity index is 357. The molecule has 0 fully saturated rings. The monoisotopic (exact) mass is 293 g/mol. The van der Waals surface area contributed by atoms with E-state index in [0.29, 0.717) is 0 Å². The normalized spacial score (nSPS) is 11.5. The second-order valence-electron chi connectivity index (χ2n) is 3.00. The number of rotatable bonds is 2. The number of halogens is 2. The van der Waals surface area contributed by atoms with Gasteiger partial charge in [0.15, 0.2) is 0 Å². The summed E-state index contributed by atoms with van der Waals surface area (Å²) >= 11 is 3.33. The highest BCUT2D eigenvalue weighted by molar-refractivity contribution is 9.10. The van der Waals surface area contributed by atoms with Gasteiger partial charge in [0.05, 0.1) is 7.11 Å². The van der Waals surface area contributed by atoms with Gasteiger partial charge in [0, 0.05) is 4.47 Å². The minimum atomic E-state index is -0.711. The molecule has 0 aliphatic rings. The molecule has 1 rings (SSSR count). The molecule has 2 N–H and O–H groups in total. The number of carbonyl (C=O) groups is 1. The molecule has 3 nitrogen and oxygen atoms in total. The van der Waals surface area contributed by atoms with Gasteiger partial charge < -0.3 is 10.5 Å². The smallest absolute Gasteiger partial charge is 0.327 e. The lowest BCUT2D eigenvalue weighted by Gasteiger charge is -2.12. The fourth-order valence-electron chi connectivity index (χ4n) is 1.20. The van der Waals surface area contributed by atoms with Crippen LogP contribution in [0.5, 0.6) is 0 Å². The summed E-state index contributed by atoms with van der Waals surface area (Å²) in [5.74, 6) is -0.425. The van der Waals surface area contributed by atoms with Gasteiger partial charge in [0.2, 0.25) is 0 Å². The molecule has 0 saturated heterocycles. The molecule has 0 radical (unpaired) electrons. The molecular formula is C10H13BrClNO2. The van der Waals surface area contributed by atoms with Crippen LogP contribution in [0.2, 0.25) is 0 Å². The van der Waals surface area contributed by atoms with Crippen molar-refractivity contribution in [3.8, 4) is 0 Å². The number of methoxy groups -OCH3 is 1. The molecule has 1 aromatic rings. The Balaban J connectivity index is 0.00000196. The molecule has 5 heteroatoms. The van der Waals surface area contributed by atoms with Gasteiger partial charge in [-0.25, -0.2) is 0 Å². The molecular weight excluding hydrogens is 281 g/mol. The van der Waals surface area contributed by atoms with Crippen molar-refractivity contribution in [2.45, 2.75) is 13.0 Å². The molecule has 0 unspecified atom stereocenters. The Morgan fingerprint density at radius 3 is 2.67 bits per heavy atom. The van der Waals surface area contributed by atoms with E-state index < -0.39 is 12.0 Å². The molecule has 0 spiro atoms. The van der Waals surface area contributed by atoms with E-state index in [2.05, 4.69) is 20.7 Å². The molecule has 0 aromatic heterocycles. The predicted molar refractivity (Wildman–Crippen MR) is 65.1 cm³/mol. The molecule has 0 aliphatic carbocycles. The lowest BCUT2D eigenvalue weighted by molar-refractivity contribution is -0.142. The highest BCUT2D eigenvalue weighted by Crippen LogP contribution is 2.21. The Hall–Kier alpha value is -0.580. The number of aryl methyl sites for hydroxylation is 1. The maximum absolute atomic E-state index is 11.2. The molecule has 0 bridgehead atoms. The van der Waals surface area contributed by atoms with Crippen molar-refractivity contribution in [1.82, 2.24) is 0 Å². The van der Waals surface area contributed by atoms with Crippen LogP contribution in [-0.2, 0) is 9.53 Å². The predicted octanol–water partition coefficient (Wildman–Crippen LogP) is 2.35. The topological polar surface area (TPSA) is 52.3 Å². The van der Waals surface area contributed by atoms with Crippen LogP contribution in [0.15, 0.2) is 22.7 Å². The molecule has 15 heavy (non-hydrogen) atoms. The first-order valence-electron chi connectivity index (χ1n) is 4.15. The Kier molecular flexibility index (Phi) is 5.87. The van der Waals surface area contributed by atoms with Crippen molar-refractivity contribution >= 4 is 34.3 Å². The van der Waals surface area contributed by atoms with Crippen molar-refractivity contribution in [1.29, 1.82) is 0 Å². The van der Waals surface area contributed by atoms with Crippen LogP contribution in [0, 0.1) is 6.92 Å². The van der Waals surface area contributed by atoms with E-state index in [4.69, 9.17) is 5.73 Å². The summed E-state index contributed by atoms with van der Waals surface area (Å²) in [6.45, 7) is 1.91. The van der Waals surface area contributed by atoms with Gasteiger partial charge in [-0.05, 0) is 30.2 Å².